The maximum Gasteiger partial charge on any atom is 0.230 e. The van der Waals surface area contributed by atoms with E-state index in [0.717, 1.165) is 25.7 Å². The van der Waals surface area contributed by atoms with Crippen molar-refractivity contribution in [3.05, 3.63) is 35.5 Å². The Morgan fingerprint density at radius 2 is 2.20 bits per heavy atom. The van der Waals surface area contributed by atoms with Crippen molar-refractivity contribution in [2.45, 2.75) is 44.6 Å². The first kappa shape index (κ1) is 13.2. The van der Waals surface area contributed by atoms with E-state index in [-0.39, 0.29) is 17.8 Å². The molecule has 0 radical (unpaired) electrons. The minimum Gasteiger partial charge on any atom is -0.339 e. The predicted molar refractivity (Wildman–Crippen MR) is 73.6 cm³/mol. The van der Waals surface area contributed by atoms with Gasteiger partial charge in [0.2, 0.25) is 11.7 Å². The number of nitrogens with two attached hydrogens (primary N) is 1. The molecule has 1 saturated carbocycles. The number of hydrogen-bond donors (Lipinski definition) is 1. The highest BCUT2D eigenvalue weighted by atomic mass is 19.1. The van der Waals surface area contributed by atoms with Crippen LogP contribution < -0.4 is 5.73 Å². The first-order chi connectivity index (χ1) is 9.63. The molecule has 1 aromatic carbocycles. The molecule has 1 aliphatic carbocycles. The molecule has 0 spiro atoms. The van der Waals surface area contributed by atoms with Gasteiger partial charge in [-0.25, -0.2) is 4.39 Å². The van der Waals surface area contributed by atoms with Crippen LogP contribution in [0.4, 0.5) is 4.39 Å². The number of benzene rings is 1. The van der Waals surface area contributed by atoms with E-state index in [0.29, 0.717) is 22.8 Å². The Morgan fingerprint density at radius 3 is 2.95 bits per heavy atom. The van der Waals surface area contributed by atoms with E-state index in [4.69, 9.17) is 10.3 Å². The number of rotatable bonds is 2. The van der Waals surface area contributed by atoms with E-state index >= 15 is 0 Å². The summed E-state index contributed by atoms with van der Waals surface area (Å²) in [6.45, 7) is 1.73. The minimum atomic E-state index is -0.256. The quantitative estimate of drug-likeness (QED) is 0.914. The Bertz CT molecular complexity index is 611. The van der Waals surface area contributed by atoms with Crippen LogP contribution >= 0.6 is 0 Å². The zero-order chi connectivity index (χ0) is 14.1. The van der Waals surface area contributed by atoms with E-state index in [1.165, 1.54) is 6.07 Å². The fraction of sp³-hybridized carbons (Fsp3) is 0.467. The number of hydrogen-bond acceptors (Lipinski definition) is 4. The third-order valence-corrected chi connectivity index (χ3v) is 3.94. The lowest BCUT2D eigenvalue weighted by atomic mass is 9.86. The molecule has 1 aliphatic rings. The predicted octanol–water partition coefficient (Wildman–Crippen LogP) is 3.17. The average Bonchev–Trinajstić information content (AvgIpc) is 2.92. The zero-order valence-electron chi connectivity index (χ0n) is 11.5. The van der Waals surface area contributed by atoms with Gasteiger partial charge >= 0.3 is 0 Å². The van der Waals surface area contributed by atoms with E-state index in [9.17, 15) is 4.39 Å². The first-order valence-corrected chi connectivity index (χ1v) is 6.99. The van der Waals surface area contributed by atoms with Crippen LogP contribution in [0, 0.1) is 12.7 Å². The molecule has 5 heteroatoms. The molecule has 0 amide bonds. The molecule has 0 bridgehead atoms. The van der Waals surface area contributed by atoms with Crippen molar-refractivity contribution >= 4 is 0 Å². The highest BCUT2D eigenvalue weighted by Crippen LogP contribution is 2.32. The van der Waals surface area contributed by atoms with Crippen molar-refractivity contribution in [3.63, 3.8) is 0 Å². The molecule has 2 atom stereocenters. The van der Waals surface area contributed by atoms with E-state index in [2.05, 4.69) is 10.1 Å². The Balaban J connectivity index is 1.84. The largest absolute Gasteiger partial charge is 0.339 e. The average molecular weight is 275 g/mol. The molecule has 4 nitrogen and oxygen atoms in total. The summed E-state index contributed by atoms with van der Waals surface area (Å²) < 4.78 is 18.9. The summed E-state index contributed by atoms with van der Waals surface area (Å²) in [5.41, 5.74) is 7.23. The van der Waals surface area contributed by atoms with E-state index in [1.807, 2.05) is 0 Å². The van der Waals surface area contributed by atoms with Gasteiger partial charge in [0.15, 0.2) is 0 Å². The van der Waals surface area contributed by atoms with Crippen molar-refractivity contribution in [3.8, 4) is 11.4 Å². The van der Waals surface area contributed by atoms with Gasteiger partial charge in [0, 0.05) is 17.5 Å². The van der Waals surface area contributed by atoms with Gasteiger partial charge in [-0.3, -0.25) is 0 Å². The van der Waals surface area contributed by atoms with Gasteiger partial charge in [0.1, 0.15) is 5.82 Å². The van der Waals surface area contributed by atoms with Crippen molar-refractivity contribution in [1.82, 2.24) is 10.1 Å². The van der Waals surface area contributed by atoms with Crippen molar-refractivity contribution in [2.24, 2.45) is 5.73 Å². The molecule has 3 rings (SSSR count). The maximum atomic E-state index is 13.6. The molecule has 20 heavy (non-hydrogen) atoms. The van der Waals surface area contributed by atoms with Gasteiger partial charge in [-0.2, -0.15) is 4.98 Å². The van der Waals surface area contributed by atoms with Gasteiger partial charge in [0.05, 0.1) is 0 Å². The van der Waals surface area contributed by atoms with E-state index in [1.54, 1.807) is 19.1 Å². The van der Waals surface area contributed by atoms with Gasteiger partial charge in [-0.1, -0.05) is 23.7 Å². The Labute approximate surface area is 117 Å². The van der Waals surface area contributed by atoms with Gasteiger partial charge in [-0.05, 0) is 37.8 Å². The monoisotopic (exact) mass is 275 g/mol. The number of halogens is 1. The molecule has 0 saturated heterocycles. The lowest BCUT2D eigenvalue weighted by molar-refractivity contribution is 0.299. The fourth-order valence-corrected chi connectivity index (χ4v) is 2.70. The molecule has 1 fully saturated rings. The molecule has 2 aromatic rings. The summed E-state index contributed by atoms with van der Waals surface area (Å²) in [4.78, 5) is 4.41. The molecule has 1 heterocycles. The van der Waals surface area contributed by atoms with Crippen LogP contribution in [0.3, 0.4) is 0 Å². The maximum absolute atomic E-state index is 13.6. The summed E-state index contributed by atoms with van der Waals surface area (Å²) >= 11 is 0. The molecule has 2 N–H and O–H groups in total. The standard InChI is InChI=1S/C15H18FN3O/c1-9-5-6-10(8-13(9)16)14-18-15(20-19-14)11-3-2-4-12(17)7-11/h5-6,8,11-12H,2-4,7,17H2,1H3. The lowest BCUT2D eigenvalue weighted by Crippen LogP contribution is -2.26. The van der Waals surface area contributed by atoms with Gasteiger partial charge in [-0.15, -0.1) is 0 Å². The normalized spacial score (nSPS) is 22.9. The third-order valence-electron chi connectivity index (χ3n) is 3.94. The van der Waals surface area contributed by atoms with Gasteiger partial charge in [0.25, 0.3) is 0 Å². The van der Waals surface area contributed by atoms with Crippen LogP contribution in [0.1, 0.15) is 43.1 Å². The van der Waals surface area contributed by atoms with Crippen LogP contribution in [0.15, 0.2) is 22.7 Å². The highest BCUT2D eigenvalue weighted by Gasteiger charge is 2.25. The number of aryl methyl sites for hydroxylation is 1. The Morgan fingerprint density at radius 1 is 1.35 bits per heavy atom. The second kappa shape index (κ2) is 5.32. The second-order valence-corrected chi connectivity index (χ2v) is 5.54. The molecule has 1 aromatic heterocycles. The van der Waals surface area contributed by atoms with Crippen LogP contribution in [-0.4, -0.2) is 16.2 Å². The lowest BCUT2D eigenvalue weighted by Gasteiger charge is -2.23. The molecule has 2 unspecified atom stereocenters. The minimum absolute atomic E-state index is 0.209. The van der Waals surface area contributed by atoms with Crippen molar-refractivity contribution in [2.75, 3.05) is 0 Å². The zero-order valence-corrected chi connectivity index (χ0v) is 11.5. The van der Waals surface area contributed by atoms with E-state index < -0.39 is 0 Å². The molecular formula is C15H18FN3O. The second-order valence-electron chi connectivity index (χ2n) is 5.54. The fourth-order valence-electron chi connectivity index (χ4n) is 2.70. The summed E-state index contributed by atoms with van der Waals surface area (Å²) in [7, 11) is 0. The molecule has 106 valence electrons. The Kier molecular flexibility index (Phi) is 3.53. The third kappa shape index (κ3) is 2.58. The Hall–Kier alpha value is -1.75. The summed E-state index contributed by atoms with van der Waals surface area (Å²) in [5, 5.41) is 3.96. The molecule has 0 aliphatic heterocycles. The number of aromatic nitrogens is 2. The first-order valence-electron chi connectivity index (χ1n) is 6.99. The SMILES string of the molecule is Cc1ccc(-c2noc(C3CCCC(N)C3)n2)cc1F. The van der Waals surface area contributed by atoms with Crippen LogP contribution in [0.2, 0.25) is 0 Å². The van der Waals surface area contributed by atoms with Crippen molar-refractivity contribution in [1.29, 1.82) is 0 Å². The summed E-state index contributed by atoms with van der Waals surface area (Å²) in [5.74, 6) is 1.04. The van der Waals surface area contributed by atoms with Crippen LogP contribution in [0.25, 0.3) is 11.4 Å². The van der Waals surface area contributed by atoms with Gasteiger partial charge < -0.3 is 10.3 Å². The van der Waals surface area contributed by atoms with Crippen LogP contribution in [0.5, 0.6) is 0 Å². The molecular weight excluding hydrogens is 257 g/mol. The summed E-state index contributed by atoms with van der Waals surface area (Å²) in [6, 6.07) is 5.17. The smallest absolute Gasteiger partial charge is 0.230 e. The highest BCUT2D eigenvalue weighted by molar-refractivity contribution is 5.55. The van der Waals surface area contributed by atoms with Crippen LogP contribution in [-0.2, 0) is 0 Å². The van der Waals surface area contributed by atoms with Crippen molar-refractivity contribution < 1.29 is 8.91 Å². The topological polar surface area (TPSA) is 64.9 Å². The summed E-state index contributed by atoms with van der Waals surface area (Å²) in [6.07, 6.45) is 4.05. The number of nitrogens with zero attached hydrogens (tertiary/aromatic N) is 2.